The van der Waals surface area contributed by atoms with Gasteiger partial charge >= 0.3 is 0 Å². The quantitative estimate of drug-likeness (QED) is 0.163. The molecule has 7 saturated carbocycles. The number of hydrogen-bond acceptors (Lipinski definition) is 3. The Morgan fingerprint density at radius 2 is 1.36 bits per heavy atom. The zero-order valence-corrected chi connectivity index (χ0v) is 35.3. The van der Waals surface area contributed by atoms with Crippen LogP contribution in [0.1, 0.15) is 122 Å². The van der Waals surface area contributed by atoms with E-state index in [2.05, 4.69) is 126 Å². The van der Waals surface area contributed by atoms with Crippen LogP contribution in [0.5, 0.6) is 11.5 Å². The molecule has 0 spiro atoms. The molecule has 4 aromatic carbocycles. The van der Waals surface area contributed by atoms with Crippen molar-refractivity contribution in [2.24, 2.45) is 41.4 Å². The molecule has 0 N–H and O–H groups in total. The average Bonchev–Trinajstić information content (AvgIpc) is 3.56. The Labute approximate surface area is 338 Å². The Morgan fingerprint density at radius 3 is 2.00 bits per heavy atom. The third kappa shape index (κ3) is 4.21. The molecule has 2 nitrogen and oxygen atoms in total. The molecule has 0 unspecified atom stereocenters. The number of nitrogens with zero attached hydrogens (tertiary/aromatic N) is 1. The summed E-state index contributed by atoms with van der Waals surface area (Å²) >= 11 is 2.03. The number of benzene rings is 4. The van der Waals surface area contributed by atoms with Crippen LogP contribution in [0.25, 0.3) is 10.1 Å². The largest absolute Gasteiger partial charge is 0.458 e. The highest BCUT2D eigenvalue weighted by atomic mass is 32.1. The van der Waals surface area contributed by atoms with Crippen molar-refractivity contribution in [2.75, 3.05) is 4.90 Å². The normalized spacial score (nSPS) is 32.9. The minimum absolute atomic E-state index is 0.0630. The lowest BCUT2D eigenvalue weighted by Gasteiger charge is -2.72. The fourth-order valence-corrected chi connectivity index (χ4v) is 16.5. The summed E-state index contributed by atoms with van der Waals surface area (Å²) in [5.74, 6) is 9.08. The maximum Gasteiger partial charge on any atom is 0.268 e. The molecule has 7 fully saturated rings. The van der Waals surface area contributed by atoms with E-state index in [-0.39, 0.29) is 28.4 Å². The van der Waals surface area contributed by atoms with E-state index in [0.717, 1.165) is 52.9 Å². The van der Waals surface area contributed by atoms with Gasteiger partial charge in [-0.15, -0.1) is 11.3 Å². The second-order valence-corrected chi connectivity index (χ2v) is 23.6. The third-order valence-corrected chi connectivity index (χ3v) is 19.1. The van der Waals surface area contributed by atoms with Crippen LogP contribution < -0.4 is 25.3 Å². The van der Waals surface area contributed by atoms with E-state index in [4.69, 9.17) is 4.74 Å². The summed E-state index contributed by atoms with van der Waals surface area (Å²) in [6.07, 6.45) is 11.2. The highest BCUT2D eigenvalue weighted by molar-refractivity contribution is 7.33. The molecular weight excluding hydrogens is 697 g/mol. The van der Waals surface area contributed by atoms with Gasteiger partial charge in [0.2, 0.25) is 0 Å². The second kappa shape index (κ2) is 10.6. The summed E-state index contributed by atoms with van der Waals surface area (Å²) in [4.78, 5) is 2.69. The van der Waals surface area contributed by atoms with E-state index in [1.54, 1.807) is 5.56 Å². The van der Waals surface area contributed by atoms with Crippen molar-refractivity contribution in [1.29, 1.82) is 0 Å². The first-order chi connectivity index (χ1) is 26.8. The topological polar surface area (TPSA) is 12.5 Å². The van der Waals surface area contributed by atoms with Gasteiger partial charge in [-0.2, -0.15) is 0 Å². The zero-order valence-electron chi connectivity index (χ0n) is 34.5. The van der Waals surface area contributed by atoms with Crippen molar-refractivity contribution in [1.82, 2.24) is 0 Å². The number of ether oxygens (including phenoxy) is 1. The Morgan fingerprint density at radius 1 is 0.714 bits per heavy atom. The number of thiophene rings is 1. The summed E-state index contributed by atoms with van der Waals surface area (Å²) in [6.45, 7) is 17.1. The van der Waals surface area contributed by atoms with Crippen LogP contribution in [0.4, 0.5) is 17.1 Å². The minimum Gasteiger partial charge on any atom is -0.458 e. The minimum atomic E-state index is 0.0630. The summed E-state index contributed by atoms with van der Waals surface area (Å²) in [6, 6.07) is 29.1. The lowest BCUT2D eigenvalue weighted by Crippen LogP contribution is -2.66. The fraction of sp³-hybridized carbons (Fsp3) is 0.500. The molecule has 4 heteroatoms. The molecule has 284 valence electrons. The molecule has 0 atom stereocenters. The summed E-state index contributed by atoms with van der Waals surface area (Å²) in [5, 5.41) is 1.40. The van der Waals surface area contributed by atoms with E-state index in [0.29, 0.717) is 0 Å². The highest BCUT2D eigenvalue weighted by Gasteiger charge is 2.67. The number of para-hydroxylation sites is 1. The molecule has 1 aromatic heterocycles. The first-order valence-electron chi connectivity index (χ1n) is 22.3. The SMILES string of the molecule is CC(C)(C)c1ccc2sc3c(c2c1)N(c1ccccc1)c1cc([C@]24CC5C6CC7C[C@@H]5C(C2)[C@@H](C7)C6C4)cc2c1B3c1cc3c(cc1O2)C(C)(C)CCC3(C)C. The summed E-state index contributed by atoms with van der Waals surface area (Å²) in [7, 11) is 0. The van der Waals surface area contributed by atoms with Crippen LogP contribution >= 0.6 is 11.3 Å². The molecule has 2 aliphatic heterocycles. The molecule has 10 aliphatic rings. The van der Waals surface area contributed by atoms with E-state index in [1.807, 2.05) is 11.3 Å². The van der Waals surface area contributed by atoms with Crippen molar-refractivity contribution in [3.8, 4) is 11.5 Å². The fourth-order valence-electron chi connectivity index (χ4n) is 15.2. The van der Waals surface area contributed by atoms with Gasteiger partial charge in [0.15, 0.2) is 0 Å². The predicted molar refractivity (Wildman–Crippen MR) is 235 cm³/mol. The number of anilines is 3. The second-order valence-electron chi connectivity index (χ2n) is 22.5. The number of hydrogen-bond donors (Lipinski definition) is 0. The van der Waals surface area contributed by atoms with Crippen LogP contribution in [0, 0.1) is 41.4 Å². The zero-order chi connectivity index (χ0) is 37.8. The Hall–Kier alpha value is -3.50. The predicted octanol–water partition coefficient (Wildman–Crippen LogP) is 11.9. The lowest BCUT2D eigenvalue weighted by molar-refractivity contribution is -0.212. The van der Waals surface area contributed by atoms with E-state index in [1.165, 1.54) is 111 Å². The van der Waals surface area contributed by atoms with Crippen molar-refractivity contribution in [3.63, 3.8) is 0 Å². The molecule has 5 aromatic rings. The van der Waals surface area contributed by atoms with E-state index in [9.17, 15) is 0 Å². The maximum absolute atomic E-state index is 7.47. The van der Waals surface area contributed by atoms with Crippen LogP contribution in [0.2, 0.25) is 0 Å². The first-order valence-corrected chi connectivity index (χ1v) is 23.1. The molecule has 0 saturated heterocycles. The summed E-state index contributed by atoms with van der Waals surface area (Å²) in [5.41, 5.74) is 13.4. The van der Waals surface area contributed by atoms with E-state index >= 15 is 0 Å². The first kappa shape index (κ1) is 33.5. The Kier molecular flexibility index (Phi) is 6.32. The van der Waals surface area contributed by atoms with Crippen molar-refractivity contribution < 1.29 is 4.74 Å². The Balaban J connectivity index is 1.09. The van der Waals surface area contributed by atoms with Crippen LogP contribution in [-0.4, -0.2) is 6.71 Å². The number of rotatable bonds is 2. The standard InChI is InChI=1S/C52H56BNOS/c1-49(2,3)29-13-14-45-35(20-29)47-48(56-45)53-41-23-39-40(51(6,7)16-15-50(39,4)5)24-43(41)55-44-22-30(21-42(46(44)53)54(47)31-11-9-8-10-12-31)52-25-36-32-17-28-18-33(36)38(27-52)34(19-28)37(32)26-52/h8-14,20-24,28,32-34,36-38H,15-19,25-27H2,1-7H3/t28?,32-,33-,34?,36?,37?,38?,52-/m1/s1. The van der Waals surface area contributed by atoms with Crippen molar-refractivity contribution in [3.05, 3.63) is 95.1 Å². The molecule has 0 radical (unpaired) electrons. The smallest absolute Gasteiger partial charge is 0.268 e. The molecule has 8 aliphatic carbocycles. The van der Waals surface area contributed by atoms with Gasteiger partial charge < -0.3 is 9.64 Å². The molecule has 8 bridgehead atoms. The van der Waals surface area contributed by atoms with Gasteiger partial charge in [-0.1, -0.05) is 78.8 Å². The summed E-state index contributed by atoms with van der Waals surface area (Å²) < 4.78 is 10.3. The van der Waals surface area contributed by atoms with Gasteiger partial charge in [-0.05, 0) is 190 Å². The van der Waals surface area contributed by atoms with Gasteiger partial charge in [0.1, 0.15) is 11.5 Å². The molecule has 3 heterocycles. The average molecular weight is 754 g/mol. The van der Waals surface area contributed by atoms with Crippen LogP contribution in [0.15, 0.2) is 72.8 Å². The highest BCUT2D eigenvalue weighted by Crippen LogP contribution is 2.74. The van der Waals surface area contributed by atoms with Gasteiger partial charge in [0.05, 0.1) is 5.69 Å². The van der Waals surface area contributed by atoms with E-state index < -0.39 is 0 Å². The van der Waals surface area contributed by atoms with Crippen molar-refractivity contribution >= 4 is 60.9 Å². The van der Waals surface area contributed by atoms with Gasteiger partial charge in [0.25, 0.3) is 6.71 Å². The maximum atomic E-state index is 7.47. The van der Waals surface area contributed by atoms with Gasteiger partial charge in [0, 0.05) is 26.2 Å². The number of fused-ring (bicyclic) bond motifs is 7. The van der Waals surface area contributed by atoms with Crippen LogP contribution in [-0.2, 0) is 21.7 Å². The monoisotopic (exact) mass is 753 g/mol. The molecular formula is C52H56BNOS. The molecule has 56 heavy (non-hydrogen) atoms. The van der Waals surface area contributed by atoms with Crippen molar-refractivity contribution in [2.45, 2.75) is 121 Å². The lowest BCUT2D eigenvalue weighted by atomic mass is 9.32. The molecule has 15 rings (SSSR count). The third-order valence-electron chi connectivity index (χ3n) is 17.8. The van der Waals surface area contributed by atoms with Crippen LogP contribution in [0.3, 0.4) is 0 Å². The van der Waals surface area contributed by atoms with Gasteiger partial charge in [-0.3, -0.25) is 0 Å². The van der Waals surface area contributed by atoms with Gasteiger partial charge in [-0.25, -0.2) is 0 Å². The Bertz CT molecular complexity index is 2480. The molecule has 0 amide bonds.